The second-order valence-electron chi connectivity index (χ2n) is 4.58. The number of ether oxygens (including phenoxy) is 1. The van der Waals surface area contributed by atoms with E-state index in [4.69, 9.17) is 16.3 Å². The fraction of sp³-hybridized carbons (Fsp3) is 0.167. The third kappa shape index (κ3) is 5.09. The average molecular weight is 301 g/mol. The van der Waals surface area contributed by atoms with Gasteiger partial charge in [0.05, 0.1) is 5.56 Å². The summed E-state index contributed by atoms with van der Waals surface area (Å²) in [5, 5.41) is 0. The van der Waals surface area contributed by atoms with E-state index in [0.717, 1.165) is 6.42 Å². The maximum Gasteiger partial charge on any atom is 0.338 e. The highest BCUT2D eigenvalue weighted by Crippen LogP contribution is 2.11. The molecule has 3 heteroatoms. The molecule has 0 bridgehead atoms. The van der Waals surface area contributed by atoms with Gasteiger partial charge in [-0.3, -0.25) is 0 Å². The van der Waals surface area contributed by atoms with E-state index in [1.807, 2.05) is 30.3 Å². The maximum absolute atomic E-state index is 11.8. The van der Waals surface area contributed by atoms with Gasteiger partial charge in [0.15, 0.2) is 0 Å². The van der Waals surface area contributed by atoms with Gasteiger partial charge in [-0.2, -0.15) is 0 Å². The van der Waals surface area contributed by atoms with Crippen molar-refractivity contribution in [3.63, 3.8) is 0 Å². The quantitative estimate of drug-likeness (QED) is 0.453. The van der Waals surface area contributed by atoms with E-state index in [2.05, 4.69) is 12.1 Å². The van der Waals surface area contributed by atoms with Crippen LogP contribution in [0.3, 0.4) is 0 Å². The SMILES string of the molecule is O=C(OC/C=C/CCl)c1ccc(Cc2ccccc2)cc1. The Hall–Kier alpha value is -2.06. The van der Waals surface area contributed by atoms with Gasteiger partial charge in [-0.1, -0.05) is 54.6 Å². The first kappa shape index (κ1) is 15.3. The topological polar surface area (TPSA) is 26.3 Å². The van der Waals surface area contributed by atoms with Crippen LogP contribution in [0.15, 0.2) is 66.7 Å². The van der Waals surface area contributed by atoms with E-state index >= 15 is 0 Å². The molecule has 2 rings (SSSR count). The number of benzene rings is 2. The highest BCUT2D eigenvalue weighted by molar-refractivity contribution is 6.18. The van der Waals surface area contributed by atoms with Crippen LogP contribution in [0.2, 0.25) is 0 Å². The largest absolute Gasteiger partial charge is 0.458 e. The standard InChI is InChI=1S/C18H17ClO2/c19-12-4-5-13-21-18(20)17-10-8-16(9-11-17)14-15-6-2-1-3-7-15/h1-11H,12-14H2/b5-4+. The minimum Gasteiger partial charge on any atom is -0.458 e. The van der Waals surface area contributed by atoms with Crippen molar-refractivity contribution in [3.05, 3.63) is 83.4 Å². The van der Waals surface area contributed by atoms with Crippen LogP contribution in [0.25, 0.3) is 0 Å². The van der Waals surface area contributed by atoms with Crippen molar-refractivity contribution >= 4 is 17.6 Å². The Balaban J connectivity index is 1.92. The van der Waals surface area contributed by atoms with Crippen LogP contribution < -0.4 is 0 Å². The number of carbonyl (C=O) groups is 1. The van der Waals surface area contributed by atoms with Crippen molar-refractivity contribution < 1.29 is 9.53 Å². The van der Waals surface area contributed by atoms with Gasteiger partial charge in [0, 0.05) is 5.88 Å². The van der Waals surface area contributed by atoms with E-state index in [0.29, 0.717) is 11.4 Å². The Morgan fingerprint density at radius 2 is 1.62 bits per heavy atom. The van der Waals surface area contributed by atoms with Crippen LogP contribution in [-0.2, 0) is 11.2 Å². The second kappa shape index (κ2) is 8.28. The van der Waals surface area contributed by atoms with Crippen molar-refractivity contribution in [1.29, 1.82) is 0 Å². The van der Waals surface area contributed by atoms with Crippen LogP contribution in [0.4, 0.5) is 0 Å². The monoisotopic (exact) mass is 300 g/mol. The summed E-state index contributed by atoms with van der Waals surface area (Å²) < 4.78 is 5.10. The summed E-state index contributed by atoms with van der Waals surface area (Å²) >= 11 is 5.49. The van der Waals surface area contributed by atoms with Crippen LogP contribution in [0, 0.1) is 0 Å². The first-order valence-electron chi connectivity index (χ1n) is 6.80. The van der Waals surface area contributed by atoms with Crippen molar-refractivity contribution in [1.82, 2.24) is 0 Å². The van der Waals surface area contributed by atoms with Gasteiger partial charge in [-0.05, 0) is 29.7 Å². The van der Waals surface area contributed by atoms with E-state index < -0.39 is 0 Å². The zero-order chi connectivity index (χ0) is 14.9. The molecular formula is C18H17ClO2. The molecule has 108 valence electrons. The second-order valence-corrected chi connectivity index (χ2v) is 4.89. The molecule has 0 unspecified atom stereocenters. The van der Waals surface area contributed by atoms with Gasteiger partial charge in [0.2, 0.25) is 0 Å². The van der Waals surface area contributed by atoms with Gasteiger partial charge in [-0.15, -0.1) is 11.6 Å². The Morgan fingerprint density at radius 3 is 2.29 bits per heavy atom. The molecule has 2 nitrogen and oxygen atoms in total. The Labute approximate surface area is 130 Å². The molecular weight excluding hydrogens is 284 g/mol. The Morgan fingerprint density at radius 1 is 0.952 bits per heavy atom. The molecule has 0 aliphatic carbocycles. The third-order valence-corrected chi connectivity index (χ3v) is 3.19. The molecule has 0 saturated carbocycles. The lowest BCUT2D eigenvalue weighted by atomic mass is 10.0. The number of halogens is 1. The van der Waals surface area contributed by atoms with E-state index in [-0.39, 0.29) is 12.6 Å². The van der Waals surface area contributed by atoms with Crippen LogP contribution in [0.5, 0.6) is 0 Å². The van der Waals surface area contributed by atoms with E-state index in [9.17, 15) is 4.79 Å². The predicted molar refractivity (Wildman–Crippen MR) is 85.8 cm³/mol. The summed E-state index contributed by atoms with van der Waals surface area (Å²) in [7, 11) is 0. The zero-order valence-electron chi connectivity index (χ0n) is 11.7. The molecule has 0 aromatic heterocycles. The number of esters is 1. The predicted octanol–water partition coefficient (Wildman–Crippen LogP) is 4.23. The van der Waals surface area contributed by atoms with Gasteiger partial charge in [-0.25, -0.2) is 4.79 Å². The number of rotatable bonds is 6. The molecule has 21 heavy (non-hydrogen) atoms. The van der Waals surface area contributed by atoms with Crippen LogP contribution in [0.1, 0.15) is 21.5 Å². The van der Waals surface area contributed by atoms with Crippen molar-refractivity contribution in [2.24, 2.45) is 0 Å². The van der Waals surface area contributed by atoms with Gasteiger partial charge in [0.25, 0.3) is 0 Å². The lowest BCUT2D eigenvalue weighted by Gasteiger charge is -2.04. The van der Waals surface area contributed by atoms with Gasteiger partial charge in [0.1, 0.15) is 6.61 Å². The number of allylic oxidation sites excluding steroid dienone is 1. The molecule has 0 radical (unpaired) electrons. The zero-order valence-corrected chi connectivity index (χ0v) is 12.4. The highest BCUT2D eigenvalue weighted by Gasteiger charge is 2.06. The maximum atomic E-state index is 11.8. The molecule has 0 aliphatic rings. The Kier molecular flexibility index (Phi) is 6.04. The molecule has 0 heterocycles. The fourth-order valence-corrected chi connectivity index (χ4v) is 2.05. The van der Waals surface area contributed by atoms with Crippen molar-refractivity contribution in [2.75, 3.05) is 12.5 Å². The number of alkyl halides is 1. The normalized spacial score (nSPS) is 10.7. The van der Waals surface area contributed by atoms with Crippen molar-refractivity contribution in [2.45, 2.75) is 6.42 Å². The minimum atomic E-state index is -0.319. The first-order chi connectivity index (χ1) is 10.3. The molecule has 2 aromatic rings. The van der Waals surface area contributed by atoms with Gasteiger partial charge >= 0.3 is 5.97 Å². The van der Waals surface area contributed by atoms with E-state index in [1.165, 1.54) is 11.1 Å². The molecule has 2 aromatic carbocycles. The van der Waals surface area contributed by atoms with Crippen LogP contribution >= 0.6 is 11.6 Å². The summed E-state index contributed by atoms with van der Waals surface area (Å²) in [6.45, 7) is 0.247. The average Bonchev–Trinajstić information content (AvgIpc) is 2.53. The number of hydrogen-bond acceptors (Lipinski definition) is 2. The Bertz CT molecular complexity index is 588. The van der Waals surface area contributed by atoms with Gasteiger partial charge < -0.3 is 4.74 Å². The highest BCUT2D eigenvalue weighted by atomic mass is 35.5. The summed E-state index contributed by atoms with van der Waals surface area (Å²) in [5.41, 5.74) is 2.98. The molecule has 0 saturated heterocycles. The molecule has 0 fully saturated rings. The summed E-state index contributed by atoms with van der Waals surface area (Å²) in [5.74, 6) is 0.103. The third-order valence-electron chi connectivity index (χ3n) is 3.01. The lowest BCUT2D eigenvalue weighted by molar-refractivity contribution is 0.0549. The smallest absolute Gasteiger partial charge is 0.338 e. The summed E-state index contributed by atoms with van der Waals surface area (Å²) in [6, 6.07) is 17.7. The number of hydrogen-bond donors (Lipinski definition) is 0. The lowest BCUT2D eigenvalue weighted by Crippen LogP contribution is -2.05. The fourth-order valence-electron chi connectivity index (χ4n) is 1.93. The molecule has 0 N–H and O–H groups in total. The molecule has 0 amide bonds. The molecule has 0 spiro atoms. The minimum absolute atomic E-state index is 0.247. The first-order valence-corrected chi connectivity index (χ1v) is 7.34. The number of carbonyl (C=O) groups excluding carboxylic acids is 1. The van der Waals surface area contributed by atoms with E-state index in [1.54, 1.807) is 24.3 Å². The summed E-state index contributed by atoms with van der Waals surface area (Å²) in [4.78, 5) is 11.8. The van der Waals surface area contributed by atoms with Crippen LogP contribution in [-0.4, -0.2) is 18.5 Å². The molecule has 0 atom stereocenters. The van der Waals surface area contributed by atoms with Crippen molar-refractivity contribution in [3.8, 4) is 0 Å². The summed E-state index contributed by atoms with van der Waals surface area (Å²) in [6.07, 6.45) is 4.33. The molecule has 0 aliphatic heterocycles.